The number of nitrogens with two attached hydrogens (primary N) is 1. The Morgan fingerprint density at radius 2 is 2.19 bits per heavy atom. The lowest BCUT2D eigenvalue weighted by molar-refractivity contribution is -0.0107. The van der Waals surface area contributed by atoms with Crippen LogP contribution in [0.4, 0.5) is 0 Å². The monoisotopic (exact) mass is 225 g/mol. The third-order valence-electron chi connectivity index (χ3n) is 2.39. The van der Waals surface area contributed by atoms with Gasteiger partial charge in [0.05, 0.1) is 12.2 Å². The molecule has 0 saturated carbocycles. The van der Waals surface area contributed by atoms with Crippen LogP contribution in [0.1, 0.15) is 33.0 Å². The number of rotatable bonds is 5. The molecule has 92 valence electrons. The topological polar surface area (TPSA) is 53.1 Å². The van der Waals surface area contributed by atoms with Crippen LogP contribution in [0.25, 0.3) is 0 Å². The Morgan fingerprint density at radius 3 is 2.69 bits per heavy atom. The Morgan fingerprint density at radius 1 is 1.50 bits per heavy atom. The van der Waals surface area contributed by atoms with E-state index in [-0.39, 0.29) is 11.6 Å². The van der Waals surface area contributed by atoms with Crippen molar-refractivity contribution >= 4 is 0 Å². The first-order valence-electron chi connectivity index (χ1n) is 5.74. The van der Waals surface area contributed by atoms with E-state index in [1.807, 2.05) is 44.8 Å². The van der Waals surface area contributed by atoms with E-state index in [4.69, 9.17) is 10.5 Å². The smallest absolute Gasteiger partial charge is 0.108 e. The first-order chi connectivity index (χ1) is 7.38. The lowest BCUT2D eigenvalue weighted by atomic mass is 10.1. The molecule has 0 aromatic carbocycles. The molecule has 16 heavy (non-hydrogen) atoms. The second-order valence-electron chi connectivity index (χ2n) is 5.18. The molecule has 0 aliphatic carbocycles. The maximum Gasteiger partial charge on any atom is 0.108 e. The maximum atomic E-state index is 5.99. The number of imidazole rings is 1. The van der Waals surface area contributed by atoms with Crippen molar-refractivity contribution in [3.63, 3.8) is 0 Å². The normalized spacial score (nSPS) is 14.1. The Bertz CT molecular complexity index is 314. The molecule has 2 N–H and O–H groups in total. The molecule has 0 amide bonds. The number of nitrogens with zero attached hydrogens (tertiary/aromatic N) is 2. The molecule has 1 rings (SSSR count). The second kappa shape index (κ2) is 5.46. The summed E-state index contributed by atoms with van der Waals surface area (Å²) in [5.74, 6) is 1.08. The average Bonchev–Trinajstić information content (AvgIpc) is 2.57. The van der Waals surface area contributed by atoms with Crippen molar-refractivity contribution in [3.05, 3.63) is 18.2 Å². The third kappa shape index (κ3) is 4.77. The minimum atomic E-state index is -0.110. The van der Waals surface area contributed by atoms with E-state index in [0.29, 0.717) is 6.61 Å². The summed E-state index contributed by atoms with van der Waals surface area (Å²) >= 11 is 0. The van der Waals surface area contributed by atoms with Gasteiger partial charge >= 0.3 is 0 Å². The van der Waals surface area contributed by atoms with Gasteiger partial charge in [0, 0.05) is 31.9 Å². The third-order valence-corrected chi connectivity index (χ3v) is 2.39. The predicted octanol–water partition coefficient (Wildman–Crippen LogP) is 1.50. The summed E-state index contributed by atoms with van der Waals surface area (Å²) in [5, 5.41) is 0. The summed E-state index contributed by atoms with van der Waals surface area (Å²) in [5.41, 5.74) is 5.88. The van der Waals surface area contributed by atoms with Crippen molar-refractivity contribution in [2.24, 2.45) is 12.8 Å². The highest BCUT2D eigenvalue weighted by Gasteiger charge is 2.13. The molecule has 1 atom stereocenters. The van der Waals surface area contributed by atoms with Crippen LogP contribution in [0.2, 0.25) is 0 Å². The molecule has 0 saturated heterocycles. The van der Waals surface area contributed by atoms with E-state index in [2.05, 4.69) is 4.98 Å². The fourth-order valence-electron chi connectivity index (χ4n) is 1.39. The van der Waals surface area contributed by atoms with Crippen molar-refractivity contribution < 1.29 is 4.74 Å². The SMILES string of the molecule is Cn1ccnc1CCC(N)COC(C)(C)C. The van der Waals surface area contributed by atoms with Crippen molar-refractivity contribution in [2.75, 3.05) is 6.61 Å². The van der Waals surface area contributed by atoms with Gasteiger partial charge in [-0.2, -0.15) is 0 Å². The molecule has 0 fully saturated rings. The Kier molecular flexibility index (Phi) is 4.50. The molecule has 1 unspecified atom stereocenters. The van der Waals surface area contributed by atoms with Crippen molar-refractivity contribution in [2.45, 2.75) is 45.3 Å². The molecule has 4 heteroatoms. The number of hydrogen-bond acceptors (Lipinski definition) is 3. The minimum Gasteiger partial charge on any atom is -0.374 e. The van der Waals surface area contributed by atoms with Gasteiger partial charge in [-0.1, -0.05) is 0 Å². The fourth-order valence-corrected chi connectivity index (χ4v) is 1.39. The highest BCUT2D eigenvalue weighted by atomic mass is 16.5. The summed E-state index contributed by atoms with van der Waals surface area (Å²) in [6, 6.07) is 0.0796. The Hall–Kier alpha value is -0.870. The molecular formula is C12H23N3O. The Balaban J connectivity index is 2.25. The fraction of sp³-hybridized carbons (Fsp3) is 0.750. The van der Waals surface area contributed by atoms with Crippen molar-refractivity contribution in [1.29, 1.82) is 0 Å². The zero-order valence-corrected chi connectivity index (χ0v) is 10.7. The molecule has 1 heterocycles. The van der Waals surface area contributed by atoms with Crippen molar-refractivity contribution in [1.82, 2.24) is 9.55 Å². The molecule has 1 aromatic rings. The van der Waals surface area contributed by atoms with E-state index in [0.717, 1.165) is 18.7 Å². The van der Waals surface area contributed by atoms with Crippen LogP contribution in [0.15, 0.2) is 12.4 Å². The summed E-state index contributed by atoms with van der Waals surface area (Å²) in [4.78, 5) is 4.26. The molecule has 0 spiro atoms. The molecule has 1 aromatic heterocycles. The lowest BCUT2D eigenvalue weighted by Crippen LogP contribution is -2.32. The number of aromatic nitrogens is 2. The van der Waals surface area contributed by atoms with Gasteiger partial charge in [0.1, 0.15) is 5.82 Å². The van der Waals surface area contributed by atoms with E-state index < -0.39 is 0 Å². The molecule has 0 aliphatic rings. The van der Waals surface area contributed by atoms with Gasteiger partial charge in [-0.15, -0.1) is 0 Å². The molecular weight excluding hydrogens is 202 g/mol. The van der Waals surface area contributed by atoms with Crippen LogP contribution >= 0.6 is 0 Å². The van der Waals surface area contributed by atoms with E-state index in [1.165, 1.54) is 0 Å². The van der Waals surface area contributed by atoms with Gasteiger partial charge in [0.2, 0.25) is 0 Å². The van der Waals surface area contributed by atoms with Crippen LogP contribution in [0.5, 0.6) is 0 Å². The van der Waals surface area contributed by atoms with Gasteiger partial charge in [-0.05, 0) is 27.2 Å². The van der Waals surface area contributed by atoms with E-state index >= 15 is 0 Å². The van der Waals surface area contributed by atoms with Crippen LogP contribution in [-0.2, 0) is 18.2 Å². The van der Waals surface area contributed by atoms with Crippen LogP contribution < -0.4 is 5.73 Å². The molecule has 0 bridgehead atoms. The van der Waals surface area contributed by atoms with Gasteiger partial charge in [-0.3, -0.25) is 0 Å². The largest absolute Gasteiger partial charge is 0.374 e. The van der Waals surface area contributed by atoms with Crippen molar-refractivity contribution in [3.8, 4) is 0 Å². The zero-order valence-electron chi connectivity index (χ0n) is 10.7. The highest BCUT2D eigenvalue weighted by Crippen LogP contribution is 2.08. The van der Waals surface area contributed by atoms with Gasteiger partial charge in [0.15, 0.2) is 0 Å². The molecule has 4 nitrogen and oxygen atoms in total. The molecule has 0 radical (unpaired) electrons. The van der Waals surface area contributed by atoms with E-state index in [9.17, 15) is 0 Å². The Labute approximate surface area is 97.8 Å². The average molecular weight is 225 g/mol. The van der Waals surface area contributed by atoms with Crippen LogP contribution in [-0.4, -0.2) is 27.8 Å². The lowest BCUT2D eigenvalue weighted by Gasteiger charge is -2.22. The van der Waals surface area contributed by atoms with Crippen LogP contribution in [0.3, 0.4) is 0 Å². The summed E-state index contributed by atoms with van der Waals surface area (Å²) in [6.45, 7) is 6.73. The highest BCUT2D eigenvalue weighted by molar-refractivity contribution is 4.91. The minimum absolute atomic E-state index is 0.0796. The van der Waals surface area contributed by atoms with Gasteiger partial charge in [-0.25, -0.2) is 4.98 Å². The predicted molar refractivity (Wildman–Crippen MR) is 65.2 cm³/mol. The first-order valence-corrected chi connectivity index (χ1v) is 5.74. The number of ether oxygens (including phenoxy) is 1. The summed E-state index contributed by atoms with van der Waals surface area (Å²) < 4.78 is 7.66. The maximum absolute atomic E-state index is 5.99. The zero-order chi connectivity index (χ0) is 12.2. The number of aryl methyl sites for hydroxylation is 2. The van der Waals surface area contributed by atoms with Gasteiger partial charge < -0.3 is 15.0 Å². The molecule has 0 aliphatic heterocycles. The summed E-state index contributed by atoms with van der Waals surface area (Å²) in [7, 11) is 2.00. The van der Waals surface area contributed by atoms with E-state index in [1.54, 1.807) is 0 Å². The number of hydrogen-bond donors (Lipinski definition) is 1. The van der Waals surface area contributed by atoms with Crippen LogP contribution in [0, 0.1) is 0 Å². The second-order valence-corrected chi connectivity index (χ2v) is 5.18. The quantitative estimate of drug-likeness (QED) is 0.826. The van der Waals surface area contributed by atoms with Gasteiger partial charge in [0.25, 0.3) is 0 Å². The summed E-state index contributed by atoms with van der Waals surface area (Å²) in [6.07, 6.45) is 5.57. The first kappa shape index (κ1) is 13.2. The standard InChI is InChI=1S/C12H23N3O/c1-12(2,3)16-9-10(13)5-6-11-14-7-8-15(11)4/h7-8,10H,5-6,9,13H2,1-4H3.